The molecule has 0 fully saturated rings. The molecule has 0 aliphatic heterocycles. The molecule has 27 heavy (non-hydrogen) atoms. The molecule has 1 amide bonds. The number of rotatable bonds is 10. The van der Waals surface area contributed by atoms with E-state index in [0.717, 1.165) is 5.69 Å². The molecule has 0 saturated heterocycles. The number of nitrogens with one attached hydrogen (secondary N) is 1. The summed E-state index contributed by atoms with van der Waals surface area (Å²) in [6.07, 6.45) is 0.873. The third-order valence-corrected chi connectivity index (χ3v) is 5.31. The minimum atomic E-state index is -0.962. The summed E-state index contributed by atoms with van der Waals surface area (Å²) in [6.45, 7) is 3.99. The fourth-order valence-electron chi connectivity index (χ4n) is 2.62. The largest absolute Gasteiger partial charge is 0.493 e. The topological polar surface area (TPSA) is 97.8 Å². The number of aromatic nitrogens is 1. The number of hydrogen-bond acceptors (Lipinski definition) is 6. The normalized spacial score (nSPS) is 11.1. The van der Waals surface area contributed by atoms with Gasteiger partial charge < -0.3 is 19.9 Å². The number of carbonyl (C=O) groups is 2. The highest BCUT2D eigenvalue weighted by Crippen LogP contribution is 2.29. The molecule has 0 bridgehead atoms. The van der Waals surface area contributed by atoms with Crippen LogP contribution >= 0.6 is 11.3 Å². The van der Waals surface area contributed by atoms with Crippen LogP contribution < -0.4 is 14.8 Å². The highest BCUT2D eigenvalue weighted by molar-refractivity contribution is 7.07. The van der Waals surface area contributed by atoms with Gasteiger partial charge in [0.1, 0.15) is 6.61 Å². The molecule has 1 aromatic carbocycles. The predicted octanol–water partition coefficient (Wildman–Crippen LogP) is 3.35. The third-order valence-electron chi connectivity index (χ3n) is 4.68. The molecule has 8 heteroatoms. The zero-order valence-corrected chi connectivity index (χ0v) is 16.5. The van der Waals surface area contributed by atoms with Gasteiger partial charge in [0, 0.05) is 17.5 Å². The number of thiazole rings is 1. The lowest BCUT2D eigenvalue weighted by atomic mass is 9.82. The fraction of sp³-hybridized carbons (Fsp3) is 0.421. The highest BCUT2D eigenvalue weighted by atomic mass is 32.1. The van der Waals surface area contributed by atoms with Gasteiger partial charge in [0.2, 0.25) is 0 Å². The molecular formula is C19H24N2O5S. The maximum Gasteiger partial charge on any atom is 0.311 e. The Hall–Kier alpha value is -2.61. The summed E-state index contributed by atoms with van der Waals surface area (Å²) in [7, 11) is 1.50. The second kappa shape index (κ2) is 9.36. The Kier molecular flexibility index (Phi) is 7.18. The van der Waals surface area contributed by atoms with Crippen molar-refractivity contribution in [3.05, 3.63) is 40.3 Å². The van der Waals surface area contributed by atoms with E-state index in [1.807, 2.05) is 5.38 Å². The Balaban J connectivity index is 2.07. The third kappa shape index (κ3) is 4.97. The molecular weight excluding hydrogens is 368 g/mol. The van der Waals surface area contributed by atoms with E-state index in [1.165, 1.54) is 18.4 Å². The zero-order chi connectivity index (χ0) is 19.9. The number of nitrogens with zero attached hydrogens (tertiary/aromatic N) is 1. The highest BCUT2D eigenvalue weighted by Gasteiger charge is 2.35. The molecule has 0 saturated carbocycles. The summed E-state index contributed by atoms with van der Waals surface area (Å²) in [5.41, 5.74) is 1.95. The van der Waals surface area contributed by atoms with Crippen LogP contribution in [-0.2, 0) is 11.4 Å². The van der Waals surface area contributed by atoms with Gasteiger partial charge in [-0.05, 0) is 31.0 Å². The zero-order valence-electron chi connectivity index (χ0n) is 15.7. The van der Waals surface area contributed by atoms with Crippen LogP contribution in [0.25, 0.3) is 0 Å². The van der Waals surface area contributed by atoms with Crippen LogP contribution in [0.4, 0.5) is 0 Å². The van der Waals surface area contributed by atoms with Crippen LogP contribution in [0.15, 0.2) is 29.1 Å². The summed E-state index contributed by atoms with van der Waals surface area (Å²) in [5.74, 6) is -0.333. The Labute approximate surface area is 162 Å². The van der Waals surface area contributed by atoms with Crippen LogP contribution in [0, 0.1) is 5.41 Å². The van der Waals surface area contributed by atoms with Crippen molar-refractivity contribution in [1.29, 1.82) is 0 Å². The molecule has 1 aromatic heterocycles. The minimum absolute atomic E-state index is 0.0680. The first kappa shape index (κ1) is 20.7. The van der Waals surface area contributed by atoms with Crippen LogP contribution in [0.5, 0.6) is 11.5 Å². The quantitative estimate of drug-likeness (QED) is 0.643. The van der Waals surface area contributed by atoms with Gasteiger partial charge in [-0.1, -0.05) is 13.8 Å². The lowest BCUT2D eigenvalue weighted by molar-refractivity contribution is -0.149. The van der Waals surface area contributed by atoms with Crippen LogP contribution in [-0.4, -0.2) is 35.6 Å². The van der Waals surface area contributed by atoms with E-state index in [0.29, 0.717) is 36.5 Å². The first-order valence-electron chi connectivity index (χ1n) is 8.65. The Morgan fingerprint density at radius 3 is 2.56 bits per heavy atom. The molecule has 146 valence electrons. The monoisotopic (exact) mass is 392 g/mol. The van der Waals surface area contributed by atoms with Crippen LogP contribution in [0.3, 0.4) is 0 Å². The van der Waals surface area contributed by atoms with Gasteiger partial charge in [-0.15, -0.1) is 11.3 Å². The summed E-state index contributed by atoms with van der Waals surface area (Å²) in [5, 5.41) is 14.1. The van der Waals surface area contributed by atoms with Crippen molar-refractivity contribution in [1.82, 2.24) is 10.3 Å². The van der Waals surface area contributed by atoms with E-state index in [-0.39, 0.29) is 12.5 Å². The predicted molar refractivity (Wildman–Crippen MR) is 102 cm³/mol. The van der Waals surface area contributed by atoms with Gasteiger partial charge in [0.25, 0.3) is 5.91 Å². The molecule has 0 unspecified atom stereocenters. The number of ether oxygens (including phenoxy) is 2. The second-order valence-electron chi connectivity index (χ2n) is 6.11. The van der Waals surface area contributed by atoms with E-state index in [9.17, 15) is 14.7 Å². The van der Waals surface area contributed by atoms with Crippen molar-refractivity contribution in [3.63, 3.8) is 0 Å². The van der Waals surface area contributed by atoms with Gasteiger partial charge in [-0.2, -0.15) is 0 Å². The molecule has 0 radical (unpaired) electrons. The summed E-state index contributed by atoms with van der Waals surface area (Å²) < 4.78 is 11.0. The van der Waals surface area contributed by atoms with Gasteiger partial charge in [-0.3, -0.25) is 9.59 Å². The lowest BCUT2D eigenvalue weighted by Crippen LogP contribution is -2.42. The van der Waals surface area contributed by atoms with Gasteiger partial charge in [0.05, 0.1) is 23.7 Å². The Morgan fingerprint density at radius 1 is 1.26 bits per heavy atom. The maximum atomic E-state index is 12.5. The SMILES string of the molecule is CCC(CC)(CNC(=O)c1ccc(OCc2cscn2)c(OC)c1)C(=O)O. The van der Waals surface area contributed by atoms with E-state index < -0.39 is 11.4 Å². The van der Waals surface area contributed by atoms with Gasteiger partial charge in [-0.25, -0.2) is 4.98 Å². The molecule has 2 N–H and O–H groups in total. The van der Waals surface area contributed by atoms with E-state index >= 15 is 0 Å². The van der Waals surface area contributed by atoms with Crippen molar-refractivity contribution in [2.45, 2.75) is 33.3 Å². The number of carboxylic acid groups (broad SMARTS) is 1. The minimum Gasteiger partial charge on any atom is -0.493 e. The average Bonchev–Trinajstić information content (AvgIpc) is 3.20. The van der Waals surface area contributed by atoms with Crippen molar-refractivity contribution in [3.8, 4) is 11.5 Å². The molecule has 1 heterocycles. The second-order valence-corrected chi connectivity index (χ2v) is 6.83. The van der Waals surface area contributed by atoms with Crippen LogP contribution in [0.2, 0.25) is 0 Å². The van der Waals surface area contributed by atoms with Crippen molar-refractivity contribution < 1.29 is 24.2 Å². The number of carbonyl (C=O) groups excluding carboxylic acids is 1. The smallest absolute Gasteiger partial charge is 0.311 e. The lowest BCUT2D eigenvalue weighted by Gasteiger charge is -2.26. The number of methoxy groups -OCH3 is 1. The van der Waals surface area contributed by atoms with Crippen molar-refractivity contribution >= 4 is 23.2 Å². The summed E-state index contributed by atoms with van der Waals surface area (Å²) >= 11 is 1.49. The summed E-state index contributed by atoms with van der Waals surface area (Å²) in [6, 6.07) is 4.85. The van der Waals surface area contributed by atoms with Crippen molar-refractivity contribution in [2.24, 2.45) is 5.41 Å². The first-order valence-corrected chi connectivity index (χ1v) is 9.59. The average molecular weight is 392 g/mol. The Bertz CT molecular complexity index is 772. The summed E-state index contributed by atoms with van der Waals surface area (Å²) in [4.78, 5) is 28.2. The van der Waals surface area contributed by atoms with E-state index in [4.69, 9.17) is 9.47 Å². The number of aliphatic carboxylic acids is 1. The number of benzene rings is 1. The molecule has 0 spiro atoms. The molecule has 0 aliphatic carbocycles. The maximum absolute atomic E-state index is 12.5. The number of carboxylic acids is 1. The first-order chi connectivity index (χ1) is 13.0. The number of amides is 1. The van der Waals surface area contributed by atoms with Gasteiger partial charge in [0.15, 0.2) is 11.5 Å². The van der Waals surface area contributed by atoms with Crippen molar-refractivity contribution in [2.75, 3.05) is 13.7 Å². The van der Waals surface area contributed by atoms with E-state index in [2.05, 4.69) is 10.3 Å². The molecule has 7 nitrogen and oxygen atoms in total. The number of hydrogen-bond donors (Lipinski definition) is 2. The van der Waals surface area contributed by atoms with Gasteiger partial charge >= 0.3 is 5.97 Å². The molecule has 0 aliphatic rings. The fourth-order valence-corrected chi connectivity index (χ4v) is 3.16. The Morgan fingerprint density at radius 2 is 2.00 bits per heavy atom. The van der Waals surface area contributed by atoms with E-state index in [1.54, 1.807) is 37.6 Å². The standard InChI is InChI=1S/C19H24N2O5S/c1-4-19(5-2,18(23)24)11-20-17(22)13-6-7-15(16(8-13)25-3)26-9-14-10-27-12-21-14/h6-8,10,12H,4-5,9,11H2,1-3H3,(H,20,22)(H,23,24). The molecule has 0 atom stereocenters. The molecule has 2 aromatic rings. The van der Waals surface area contributed by atoms with Crippen LogP contribution in [0.1, 0.15) is 42.7 Å². The molecule has 2 rings (SSSR count).